The Kier molecular flexibility index (Phi) is 8.82. The number of halogens is 6. The van der Waals surface area contributed by atoms with Crippen molar-refractivity contribution in [3.05, 3.63) is 59.2 Å². The fraction of sp³-hybridized carbons (Fsp3) is 0.462. The zero-order valence-electron chi connectivity index (χ0n) is 22.7. The van der Waals surface area contributed by atoms with Gasteiger partial charge in [0, 0.05) is 24.9 Å². The predicted molar refractivity (Wildman–Crippen MR) is 136 cm³/mol. The van der Waals surface area contributed by atoms with E-state index in [1.165, 1.54) is 46.1 Å². The second-order valence-electron chi connectivity index (χ2n) is 10.5. The molecule has 1 heterocycles. The Morgan fingerprint density at radius 2 is 1.57 bits per heavy atom. The van der Waals surface area contributed by atoms with Gasteiger partial charge in [-0.2, -0.15) is 26.3 Å². The fourth-order valence-electron chi connectivity index (χ4n) is 4.25. The summed E-state index contributed by atoms with van der Waals surface area (Å²) in [4.78, 5) is 27.0. The zero-order chi connectivity index (χ0) is 31.9. The van der Waals surface area contributed by atoms with Crippen molar-refractivity contribution >= 4 is 27.4 Å². The highest BCUT2D eigenvalue weighted by atomic mass is 32.2. The average molecular weight is 627 g/mol. The Morgan fingerprint density at radius 3 is 2.07 bits per heavy atom. The maximum Gasteiger partial charge on any atom is 0.430 e. The molecule has 0 radical (unpaired) electrons. The first kappa shape index (κ1) is 33.3. The quantitative estimate of drug-likeness (QED) is 0.230. The van der Waals surface area contributed by atoms with Crippen LogP contribution in [0.2, 0.25) is 0 Å². The number of hydrogen-bond acceptors (Lipinski definition) is 8. The van der Waals surface area contributed by atoms with E-state index in [1.54, 1.807) is 0 Å². The molecule has 0 saturated carbocycles. The molecule has 232 valence electrons. The molecule has 0 spiro atoms. The monoisotopic (exact) mass is 626 g/mol. The smallest absolute Gasteiger partial charge is 0.430 e. The number of hydrogen-bond donors (Lipinski definition) is 3. The van der Waals surface area contributed by atoms with Gasteiger partial charge in [0.15, 0.2) is 9.84 Å². The molecule has 0 aromatic heterocycles. The summed E-state index contributed by atoms with van der Waals surface area (Å²) in [5, 5.41) is 14.6. The molecule has 0 bridgehead atoms. The van der Waals surface area contributed by atoms with Crippen LogP contribution in [0.25, 0.3) is 0 Å². The number of alkyl halides is 6. The first-order chi connectivity index (χ1) is 19.1. The molecule has 1 amide bonds. The van der Waals surface area contributed by atoms with Crippen LogP contribution < -0.4 is 10.6 Å². The van der Waals surface area contributed by atoms with Gasteiger partial charge in [0.05, 0.1) is 17.3 Å². The highest BCUT2D eigenvalue weighted by Crippen LogP contribution is 2.50. The molecule has 2 aromatic carbocycles. The van der Waals surface area contributed by atoms with Crippen molar-refractivity contribution in [2.45, 2.75) is 61.3 Å². The number of sulfone groups is 1. The fourth-order valence-corrected chi connectivity index (χ4v) is 5.47. The molecule has 1 atom stereocenters. The highest BCUT2D eigenvalue weighted by molar-refractivity contribution is 7.91. The predicted octanol–water partition coefficient (Wildman–Crippen LogP) is 3.70. The van der Waals surface area contributed by atoms with Crippen LogP contribution in [0, 0.1) is 0 Å². The van der Waals surface area contributed by atoms with Crippen LogP contribution in [0.3, 0.4) is 0 Å². The molecule has 1 aliphatic rings. The number of rotatable bonds is 8. The number of nitrogens with one attached hydrogen (secondary N) is 2. The van der Waals surface area contributed by atoms with Crippen LogP contribution in [0.15, 0.2) is 47.4 Å². The molecule has 0 aliphatic carbocycles. The molecule has 16 heteroatoms. The SMILES string of the molecule is COCCS(=O)(=O)c1ccc2c(c1)CNC2(C(=O)Nc1ccc(C(O)(C(F)(F)F)C(F)(F)F)cc1)C(=O)OC(C)(C)C. The molecular weight excluding hydrogens is 598 g/mol. The van der Waals surface area contributed by atoms with Crippen LogP contribution in [-0.4, -0.2) is 62.8 Å². The Balaban J connectivity index is 2.03. The zero-order valence-corrected chi connectivity index (χ0v) is 23.6. The second-order valence-corrected chi connectivity index (χ2v) is 12.6. The van der Waals surface area contributed by atoms with E-state index < -0.39 is 56.4 Å². The summed E-state index contributed by atoms with van der Waals surface area (Å²) in [6.07, 6.45) is -12.2. The van der Waals surface area contributed by atoms with E-state index in [9.17, 15) is 49.5 Å². The number of ether oxygens (including phenoxy) is 2. The molecule has 42 heavy (non-hydrogen) atoms. The third-order valence-corrected chi connectivity index (χ3v) is 8.04. The van der Waals surface area contributed by atoms with Crippen LogP contribution in [-0.2, 0) is 46.6 Å². The van der Waals surface area contributed by atoms with Crippen molar-refractivity contribution in [3.8, 4) is 0 Å². The maximum absolute atomic E-state index is 13.6. The van der Waals surface area contributed by atoms with Crippen molar-refractivity contribution in [1.82, 2.24) is 5.32 Å². The van der Waals surface area contributed by atoms with Gasteiger partial charge in [0.25, 0.3) is 11.5 Å². The van der Waals surface area contributed by atoms with Crippen LogP contribution in [0.5, 0.6) is 0 Å². The van der Waals surface area contributed by atoms with Gasteiger partial charge in [-0.1, -0.05) is 18.2 Å². The topological polar surface area (TPSA) is 131 Å². The lowest BCUT2D eigenvalue weighted by Gasteiger charge is -2.33. The molecule has 3 N–H and O–H groups in total. The average Bonchev–Trinajstić information content (AvgIpc) is 3.25. The molecule has 0 fully saturated rings. The lowest BCUT2D eigenvalue weighted by atomic mass is 9.88. The van der Waals surface area contributed by atoms with Crippen LogP contribution in [0.4, 0.5) is 32.0 Å². The molecule has 0 saturated heterocycles. The molecular formula is C26H28F6N2O7S. The van der Waals surface area contributed by atoms with Crippen molar-refractivity contribution in [2.24, 2.45) is 0 Å². The van der Waals surface area contributed by atoms with E-state index in [0.717, 1.165) is 0 Å². The maximum atomic E-state index is 13.6. The lowest BCUT2D eigenvalue weighted by molar-refractivity contribution is -0.376. The number of anilines is 1. The minimum Gasteiger partial charge on any atom is -0.458 e. The summed E-state index contributed by atoms with van der Waals surface area (Å²) in [5.74, 6) is -2.54. The van der Waals surface area contributed by atoms with Gasteiger partial charge in [0.2, 0.25) is 5.54 Å². The third-order valence-electron chi connectivity index (χ3n) is 6.37. The van der Waals surface area contributed by atoms with Gasteiger partial charge < -0.3 is 19.9 Å². The van der Waals surface area contributed by atoms with Crippen molar-refractivity contribution in [1.29, 1.82) is 0 Å². The number of amides is 1. The highest BCUT2D eigenvalue weighted by Gasteiger charge is 2.71. The Labute approximate surface area is 237 Å². The summed E-state index contributed by atoms with van der Waals surface area (Å²) in [6.45, 7) is 4.33. The van der Waals surface area contributed by atoms with E-state index >= 15 is 0 Å². The van der Waals surface area contributed by atoms with Crippen molar-refractivity contribution in [3.63, 3.8) is 0 Å². The Bertz CT molecular complexity index is 1440. The Morgan fingerprint density at radius 1 is 1.00 bits per heavy atom. The van der Waals surface area contributed by atoms with E-state index in [0.29, 0.717) is 24.3 Å². The number of methoxy groups -OCH3 is 1. The van der Waals surface area contributed by atoms with Gasteiger partial charge in [-0.15, -0.1) is 0 Å². The first-order valence-electron chi connectivity index (χ1n) is 12.2. The van der Waals surface area contributed by atoms with Gasteiger partial charge in [-0.05, 0) is 56.2 Å². The molecule has 2 aromatic rings. The number of aliphatic hydroxyl groups is 1. The number of carbonyl (C=O) groups is 2. The molecule has 1 unspecified atom stereocenters. The van der Waals surface area contributed by atoms with E-state index in [-0.39, 0.29) is 40.6 Å². The van der Waals surface area contributed by atoms with Crippen LogP contribution in [0.1, 0.15) is 37.5 Å². The van der Waals surface area contributed by atoms with Crippen LogP contribution >= 0.6 is 0 Å². The summed E-state index contributed by atoms with van der Waals surface area (Å²) >= 11 is 0. The second kappa shape index (κ2) is 11.1. The summed E-state index contributed by atoms with van der Waals surface area (Å²) in [6, 6.07) is 5.77. The van der Waals surface area contributed by atoms with E-state index in [4.69, 9.17) is 9.47 Å². The standard InChI is InChI=1S/C26H28F6N2O7S/c1-22(2,3)41-21(36)23(19-10-9-18(13-15(19)14-33-23)42(38,39)12-11-40-4)20(35)34-17-7-5-16(6-8-17)24(37,25(27,28)29)26(30,31)32/h5-10,13,33,37H,11-12,14H2,1-4H3,(H,34,35). The number of benzene rings is 2. The van der Waals surface area contributed by atoms with Crippen molar-refractivity contribution < 1.29 is 58.9 Å². The van der Waals surface area contributed by atoms with Gasteiger partial charge in [-0.3, -0.25) is 10.1 Å². The normalized spacial score (nSPS) is 18.0. The number of fused-ring (bicyclic) bond motifs is 1. The largest absolute Gasteiger partial charge is 0.458 e. The number of esters is 1. The van der Waals surface area contributed by atoms with E-state index in [2.05, 4.69) is 10.6 Å². The molecule has 9 nitrogen and oxygen atoms in total. The van der Waals surface area contributed by atoms with Gasteiger partial charge >= 0.3 is 18.3 Å². The third kappa shape index (κ3) is 6.11. The van der Waals surface area contributed by atoms with Gasteiger partial charge in [0.1, 0.15) is 5.60 Å². The summed E-state index contributed by atoms with van der Waals surface area (Å²) in [5.41, 5.74) is -10.1. The minimum absolute atomic E-state index is 0.0279. The lowest BCUT2D eigenvalue weighted by Crippen LogP contribution is -2.56. The van der Waals surface area contributed by atoms with Crippen molar-refractivity contribution in [2.75, 3.05) is 24.8 Å². The molecule has 3 rings (SSSR count). The summed E-state index contributed by atoms with van der Waals surface area (Å²) in [7, 11) is -2.46. The first-order valence-corrected chi connectivity index (χ1v) is 13.9. The summed E-state index contributed by atoms with van der Waals surface area (Å²) < 4.78 is 115. The van der Waals surface area contributed by atoms with E-state index in [1.807, 2.05) is 0 Å². The number of carbonyl (C=O) groups excluding carboxylic acids is 2. The van der Waals surface area contributed by atoms with Gasteiger partial charge in [-0.25, -0.2) is 13.2 Å². The minimum atomic E-state index is -6.11. The Hall–Kier alpha value is -3.21. The molecule has 1 aliphatic heterocycles.